The number of nitrogens with one attached hydrogen (secondary N) is 2. The fraction of sp³-hybridized carbons (Fsp3) is 0.647. The predicted octanol–water partition coefficient (Wildman–Crippen LogP) is 1.30. The van der Waals surface area contributed by atoms with Crippen LogP contribution in [0.3, 0.4) is 0 Å². The largest absolute Gasteiger partial charge is 0.354 e. The van der Waals surface area contributed by atoms with E-state index < -0.39 is 10.0 Å². The average Bonchev–Trinajstić information content (AvgIpc) is 3.17. The Morgan fingerprint density at radius 3 is 2.57 bits per heavy atom. The normalized spacial score (nSPS) is 16.3. The van der Waals surface area contributed by atoms with Crippen LogP contribution in [0.2, 0.25) is 0 Å². The highest BCUT2D eigenvalue weighted by Gasteiger charge is 2.27. The summed E-state index contributed by atoms with van der Waals surface area (Å²) in [7, 11) is 0.272. The summed E-state index contributed by atoms with van der Waals surface area (Å²) < 4.78 is 25.5. The van der Waals surface area contributed by atoms with E-state index in [0.29, 0.717) is 38.4 Å². The zero-order valence-electron chi connectivity index (χ0n) is 16.6. The Morgan fingerprint density at radius 1 is 1.36 bits per heavy atom. The molecule has 0 radical (unpaired) electrons. The second-order valence-electron chi connectivity index (χ2n) is 6.60. The van der Waals surface area contributed by atoms with Gasteiger partial charge in [0.15, 0.2) is 5.96 Å². The van der Waals surface area contributed by atoms with E-state index in [1.54, 1.807) is 36.7 Å². The number of likely N-dealkylation sites (N-methyl/N-ethyl adjacent to an activating group) is 1. The highest BCUT2D eigenvalue weighted by molar-refractivity contribution is 14.0. The Bertz CT molecular complexity index is 730. The van der Waals surface area contributed by atoms with E-state index in [0.717, 1.165) is 0 Å². The van der Waals surface area contributed by atoms with Gasteiger partial charge in [-0.25, -0.2) is 17.7 Å². The predicted molar refractivity (Wildman–Crippen MR) is 125 cm³/mol. The highest BCUT2D eigenvalue weighted by atomic mass is 127. The summed E-state index contributed by atoms with van der Waals surface area (Å²) in [5, 5.41) is 8.63. The van der Waals surface area contributed by atoms with Gasteiger partial charge in [0.05, 0.1) is 12.3 Å². The van der Waals surface area contributed by atoms with Crippen molar-refractivity contribution in [2.45, 2.75) is 32.4 Å². The van der Waals surface area contributed by atoms with Crippen molar-refractivity contribution in [3.8, 4) is 0 Å². The summed E-state index contributed by atoms with van der Waals surface area (Å²) in [6.45, 7) is 3.37. The van der Waals surface area contributed by atoms with Crippen LogP contribution >= 0.6 is 35.3 Å². The number of hydrogen-bond acceptors (Lipinski definition) is 5. The van der Waals surface area contributed by atoms with Crippen molar-refractivity contribution in [2.75, 3.05) is 39.5 Å². The van der Waals surface area contributed by atoms with E-state index in [2.05, 4.69) is 15.6 Å². The first kappa shape index (κ1) is 25.1. The fourth-order valence-electron chi connectivity index (χ4n) is 2.68. The maximum absolute atomic E-state index is 12.0. The molecule has 0 saturated carbocycles. The summed E-state index contributed by atoms with van der Waals surface area (Å²) >= 11 is 1.65. The molecule has 0 spiro atoms. The van der Waals surface area contributed by atoms with E-state index in [-0.39, 0.29) is 48.2 Å². The molecule has 8 nitrogen and oxygen atoms in total. The summed E-state index contributed by atoms with van der Waals surface area (Å²) in [4.78, 5) is 18.9. The third kappa shape index (κ3) is 7.84. The Kier molecular flexibility index (Phi) is 10.7. The van der Waals surface area contributed by atoms with Crippen LogP contribution in [-0.2, 0) is 21.4 Å². The zero-order chi connectivity index (χ0) is 19.9. The average molecular weight is 543 g/mol. The van der Waals surface area contributed by atoms with Crippen LogP contribution in [0.5, 0.6) is 0 Å². The number of carbonyl (C=O) groups excluding carboxylic acids is 1. The lowest BCUT2D eigenvalue weighted by atomic mass is 10.1. The first-order valence-corrected chi connectivity index (χ1v) is 11.6. The Hall–Kier alpha value is -0.920. The number of carbonyl (C=O) groups is 1. The molecule has 28 heavy (non-hydrogen) atoms. The molecule has 11 heteroatoms. The van der Waals surface area contributed by atoms with E-state index in [1.807, 2.05) is 17.5 Å². The molecule has 0 atom stereocenters. The molecule has 1 aromatic rings. The van der Waals surface area contributed by atoms with Gasteiger partial charge in [-0.05, 0) is 31.2 Å². The van der Waals surface area contributed by atoms with Gasteiger partial charge in [0.25, 0.3) is 0 Å². The molecule has 0 aromatic carbocycles. The second kappa shape index (κ2) is 11.9. The van der Waals surface area contributed by atoms with E-state index in [9.17, 15) is 13.2 Å². The fourth-order valence-corrected chi connectivity index (χ4v) is 4.46. The minimum Gasteiger partial charge on any atom is -0.354 e. The van der Waals surface area contributed by atoms with Gasteiger partial charge in [-0.15, -0.1) is 35.3 Å². The standard InChI is InChI=1S/C17H29N5O3S2.HI/c1-4-27(24,25)22-9-7-14(8-10-22)20-17(19-13-16(23)21(2)3)18-12-15-6-5-11-26-15;/h5-6,11,14H,4,7-10,12-13H2,1-3H3,(H2,18,19,20);1H. The number of thiophene rings is 1. The SMILES string of the molecule is CCS(=O)(=O)N1CCC(NC(=NCC(=O)N(C)C)NCc2cccs2)CC1.I. The minimum absolute atomic E-state index is 0. The molecule has 0 unspecified atom stereocenters. The van der Waals surface area contributed by atoms with Gasteiger partial charge in [-0.2, -0.15) is 0 Å². The van der Waals surface area contributed by atoms with Crippen molar-refractivity contribution < 1.29 is 13.2 Å². The minimum atomic E-state index is -3.13. The molecule has 1 amide bonds. The van der Waals surface area contributed by atoms with Crippen LogP contribution in [0.4, 0.5) is 0 Å². The lowest BCUT2D eigenvalue weighted by Gasteiger charge is -2.32. The molecule has 1 aliphatic rings. The Morgan fingerprint density at radius 2 is 2.04 bits per heavy atom. The first-order valence-electron chi connectivity index (χ1n) is 9.07. The number of amides is 1. The molecule has 0 aliphatic carbocycles. The molecule has 1 fully saturated rings. The van der Waals surface area contributed by atoms with Crippen molar-refractivity contribution in [1.29, 1.82) is 0 Å². The summed E-state index contributed by atoms with van der Waals surface area (Å²) in [6, 6.07) is 4.15. The number of sulfonamides is 1. The molecule has 0 bridgehead atoms. The van der Waals surface area contributed by atoms with E-state index in [1.165, 1.54) is 9.78 Å². The van der Waals surface area contributed by atoms with Gasteiger partial charge in [0.1, 0.15) is 6.54 Å². The number of hydrogen-bond donors (Lipinski definition) is 2. The van der Waals surface area contributed by atoms with Crippen molar-refractivity contribution in [3.05, 3.63) is 22.4 Å². The van der Waals surface area contributed by atoms with Crippen molar-refractivity contribution in [2.24, 2.45) is 4.99 Å². The smallest absolute Gasteiger partial charge is 0.243 e. The number of rotatable bonds is 7. The molecular formula is C17H30IN5O3S2. The number of piperidine rings is 1. The number of nitrogens with zero attached hydrogens (tertiary/aromatic N) is 3. The Labute approximate surface area is 188 Å². The molecule has 160 valence electrons. The van der Waals surface area contributed by atoms with Crippen LogP contribution in [-0.4, -0.2) is 75.0 Å². The number of halogens is 1. The molecule has 2 rings (SSSR count). The van der Waals surface area contributed by atoms with Crippen LogP contribution in [0.25, 0.3) is 0 Å². The lowest BCUT2D eigenvalue weighted by molar-refractivity contribution is -0.127. The molecule has 1 aromatic heterocycles. The van der Waals surface area contributed by atoms with Crippen molar-refractivity contribution in [3.63, 3.8) is 0 Å². The maximum Gasteiger partial charge on any atom is 0.243 e. The van der Waals surface area contributed by atoms with Gasteiger partial charge in [0, 0.05) is 38.1 Å². The molecular weight excluding hydrogens is 513 g/mol. The third-order valence-electron chi connectivity index (χ3n) is 4.43. The second-order valence-corrected chi connectivity index (χ2v) is 9.89. The van der Waals surface area contributed by atoms with Crippen molar-refractivity contribution in [1.82, 2.24) is 19.8 Å². The van der Waals surface area contributed by atoms with Gasteiger partial charge >= 0.3 is 0 Å². The lowest BCUT2D eigenvalue weighted by Crippen LogP contribution is -2.50. The molecule has 2 N–H and O–H groups in total. The van der Waals surface area contributed by atoms with Gasteiger partial charge in [-0.1, -0.05) is 6.07 Å². The number of aliphatic imine (C=N–C) groups is 1. The third-order valence-corrected chi connectivity index (χ3v) is 7.19. The van der Waals surface area contributed by atoms with E-state index >= 15 is 0 Å². The van der Waals surface area contributed by atoms with Crippen LogP contribution in [0.1, 0.15) is 24.6 Å². The van der Waals surface area contributed by atoms with Crippen molar-refractivity contribution >= 4 is 57.2 Å². The summed E-state index contributed by atoms with van der Waals surface area (Å²) in [6.07, 6.45) is 1.42. The van der Waals surface area contributed by atoms with Crippen LogP contribution < -0.4 is 10.6 Å². The summed E-state index contributed by atoms with van der Waals surface area (Å²) in [5.41, 5.74) is 0. The summed E-state index contributed by atoms with van der Waals surface area (Å²) in [5.74, 6) is 0.638. The quantitative estimate of drug-likeness (QED) is 0.307. The monoisotopic (exact) mass is 543 g/mol. The zero-order valence-corrected chi connectivity index (χ0v) is 20.5. The maximum atomic E-state index is 12.0. The first-order chi connectivity index (χ1) is 12.8. The van der Waals surface area contributed by atoms with Crippen LogP contribution in [0, 0.1) is 0 Å². The molecule has 1 saturated heterocycles. The van der Waals surface area contributed by atoms with Gasteiger partial charge < -0.3 is 15.5 Å². The van der Waals surface area contributed by atoms with E-state index in [4.69, 9.17) is 0 Å². The Balaban J connectivity index is 0.00000392. The van der Waals surface area contributed by atoms with Crippen LogP contribution in [0.15, 0.2) is 22.5 Å². The van der Waals surface area contributed by atoms with Gasteiger partial charge in [-0.3, -0.25) is 4.79 Å². The molecule has 2 heterocycles. The van der Waals surface area contributed by atoms with Gasteiger partial charge in [0.2, 0.25) is 15.9 Å². The number of guanidine groups is 1. The molecule has 1 aliphatic heterocycles. The topological polar surface area (TPSA) is 94.1 Å². The highest BCUT2D eigenvalue weighted by Crippen LogP contribution is 2.14.